The number of benzene rings is 1. The number of carbonyl (C=O) groups excluding carboxylic acids is 2. The van der Waals surface area contributed by atoms with Gasteiger partial charge in [0.2, 0.25) is 5.91 Å². The predicted molar refractivity (Wildman–Crippen MR) is 80.5 cm³/mol. The van der Waals surface area contributed by atoms with Gasteiger partial charge in [-0.05, 0) is 11.5 Å². The highest BCUT2D eigenvalue weighted by Gasteiger charge is 2.23. The van der Waals surface area contributed by atoms with Crippen molar-refractivity contribution >= 4 is 11.9 Å². The highest BCUT2D eigenvalue weighted by molar-refractivity contribution is 5.87. The van der Waals surface area contributed by atoms with Crippen LogP contribution in [0, 0.1) is 5.92 Å². The first kappa shape index (κ1) is 17.0. The molecule has 0 fully saturated rings. The molecule has 0 aliphatic carbocycles. The molecule has 1 unspecified atom stereocenters. The molecule has 0 heterocycles. The third kappa shape index (κ3) is 6.27. The summed E-state index contributed by atoms with van der Waals surface area (Å²) in [5, 5.41) is 16.6. The van der Waals surface area contributed by atoms with Crippen molar-refractivity contribution < 1.29 is 14.7 Å². The standard InChI is InChI=1S/C15H23N3O3/c1-11(2)13(14(20)16-8-9-19)18-15(21)17-10-12-6-4-3-5-7-12/h3-7,11,13,19H,8-10H2,1-2H3,(H,16,20)(H2,17,18,21). The summed E-state index contributed by atoms with van der Waals surface area (Å²) in [7, 11) is 0. The molecular weight excluding hydrogens is 270 g/mol. The molecule has 0 aliphatic rings. The van der Waals surface area contributed by atoms with Gasteiger partial charge in [-0.25, -0.2) is 4.79 Å². The first-order valence-electron chi connectivity index (χ1n) is 7.01. The molecule has 0 bridgehead atoms. The Balaban J connectivity index is 2.47. The Morgan fingerprint density at radius 1 is 1.14 bits per heavy atom. The van der Waals surface area contributed by atoms with Crippen molar-refractivity contribution in [1.29, 1.82) is 0 Å². The van der Waals surface area contributed by atoms with Crippen LogP contribution >= 0.6 is 0 Å². The van der Waals surface area contributed by atoms with Crippen LogP contribution in [0.3, 0.4) is 0 Å². The molecule has 0 saturated carbocycles. The number of amides is 3. The van der Waals surface area contributed by atoms with Crippen molar-refractivity contribution in [2.45, 2.75) is 26.4 Å². The van der Waals surface area contributed by atoms with Crippen molar-refractivity contribution in [3.63, 3.8) is 0 Å². The summed E-state index contributed by atoms with van der Waals surface area (Å²) in [4.78, 5) is 23.7. The van der Waals surface area contributed by atoms with Gasteiger partial charge in [0.1, 0.15) is 6.04 Å². The zero-order valence-electron chi connectivity index (χ0n) is 12.4. The number of urea groups is 1. The van der Waals surface area contributed by atoms with Crippen molar-refractivity contribution in [2.75, 3.05) is 13.2 Å². The lowest BCUT2D eigenvalue weighted by atomic mass is 10.0. The lowest BCUT2D eigenvalue weighted by Gasteiger charge is -2.21. The summed E-state index contributed by atoms with van der Waals surface area (Å²) in [5.74, 6) is -0.347. The number of aliphatic hydroxyl groups excluding tert-OH is 1. The lowest BCUT2D eigenvalue weighted by molar-refractivity contribution is -0.124. The van der Waals surface area contributed by atoms with Crippen molar-refractivity contribution in [3.8, 4) is 0 Å². The van der Waals surface area contributed by atoms with Crippen LogP contribution < -0.4 is 16.0 Å². The van der Waals surface area contributed by atoms with E-state index in [2.05, 4.69) is 16.0 Å². The van der Waals surface area contributed by atoms with Crippen LogP contribution in [0.2, 0.25) is 0 Å². The number of hydrogen-bond donors (Lipinski definition) is 4. The Labute approximate surface area is 124 Å². The molecule has 4 N–H and O–H groups in total. The average Bonchev–Trinajstić information content (AvgIpc) is 2.49. The minimum atomic E-state index is -0.632. The number of hydrogen-bond acceptors (Lipinski definition) is 3. The normalized spacial score (nSPS) is 11.8. The van der Waals surface area contributed by atoms with Crippen LogP contribution in [0.5, 0.6) is 0 Å². The van der Waals surface area contributed by atoms with Gasteiger partial charge in [0.05, 0.1) is 6.61 Å². The van der Waals surface area contributed by atoms with Gasteiger partial charge in [-0.2, -0.15) is 0 Å². The molecule has 116 valence electrons. The molecule has 21 heavy (non-hydrogen) atoms. The Bertz CT molecular complexity index is 449. The maximum atomic E-state index is 11.9. The summed E-state index contributed by atoms with van der Waals surface area (Å²) < 4.78 is 0. The fraction of sp³-hybridized carbons (Fsp3) is 0.467. The number of nitrogens with one attached hydrogen (secondary N) is 3. The van der Waals surface area contributed by atoms with E-state index in [1.165, 1.54) is 0 Å². The van der Waals surface area contributed by atoms with Gasteiger partial charge < -0.3 is 21.1 Å². The molecule has 0 aromatic heterocycles. The molecule has 6 heteroatoms. The number of carbonyl (C=O) groups is 2. The third-order valence-electron chi connectivity index (χ3n) is 2.94. The second-order valence-electron chi connectivity index (χ2n) is 5.05. The summed E-state index contributed by atoms with van der Waals surface area (Å²) in [5.41, 5.74) is 0.985. The summed E-state index contributed by atoms with van der Waals surface area (Å²) in [6.07, 6.45) is 0. The predicted octanol–water partition coefficient (Wildman–Crippen LogP) is 0.619. The molecule has 1 atom stereocenters. The fourth-order valence-corrected chi connectivity index (χ4v) is 1.79. The van der Waals surface area contributed by atoms with Crippen molar-refractivity contribution in [2.24, 2.45) is 5.92 Å². The molecule has 0 aliphatic heterocycles. The second kappa shape index (κ2) is 8.97. The highest BCUT2D eigenvalue weighted by Crippen LogP contribution is 2.02. The summed E-state index contributed by atoms with van der Waals surface area (Å²) in [6.45, 7) is 4.14. The Morgan fingerprint density at radius 2 is 1.81 bits per heavy atom. The average molecular weight is 293 g/mol. The molecule has 1 aromatic carbocycles. The fourth-order valence-electron chi connectivity index (χ4n) is 1.79. The first-order valence-corrected chi connectivity index (χ1v) is 7.01. The first-order chi connectivity index (χ1) is 10.0. The molecule has 0 radical (unpaired) electrons. The number of aliphatic hydroxyl groups is 1. The van der Waals surface area contributed by atoms with E-state index >= 15 is 0 Å². The van der Waals surface area contributed by atoms with E-state index in [1.807, 2.05) is 44.2 Å². The van der Waals surface area contributed by atoms with E-state index in [4.69, 9.17) is 5.11 Å². The molecule has 1 rings (SSSR count). The molecule has 0 saturated heterocycles. The smallest absolute Gasteiger partial charge is 0.315 e. The molecule has 6 nitrogen and oxygen atoms in total. The van der Waals surface area contributed by atoms with Gasteiger partial charge in [-0.3, -0.25) is 4.79 Å². The quantitative estimate of drug-likeness (QED) is 0.594. The zero-order chi connectivity index (χ0) is 15.7. The SMILES string of the molecule is CC(C)C(NC(=O)NCc1ccccc1)C(=O)NCCO. The molecule has 3 amide bonds. The van der Waals surface area contributed by atoms with Gasteiger partial charge >= 0.3 is 6.03 Å². The minimum Gasteiger partial charge on any atom is -0.395 e. The Morgan fingerprint density at radius 3 is 2.38 bits per heavy atom. The van der Waals surface area contributed by atoms with Gasteiger partial charge in [-0.1, -0.05) is 44.2 Å². The summed E-state index contributed by atoms with van der Waals surface area (Å²) >= 11 is 0. The second-order valence-corrected chi connectivity index (χ2v) is 5.05. The maximum absolute atomic E-state index is 11.9. The van der Waals surface area contributed by atoms with Crippen molar-refractivity contribution in [1.82, 2.24) is 16.0 Å². The van der Waals surface area contributed by atoms with E-state index < -0.39 is 12.1 Å². The van der Waals surface area contributed by atoms with E-state index in [0.29, 0.717) is 6.54 Å². The van der Waals surface area contributed by atoms with Crippen LogP contribution in [0.15, 0.2) is 30.3 Å². The lowest BCUT2D eigenvalue weighted by Crippen LogP contribution is -2.52. The van der Waals surface area contributed by atoms with E-state index in [9.17, 15) is 9.59 Å². The van der Waals surface area contributed by atoms with Crippen LogP contribution in [-0.4, -0.2) is 36.2 Å². The van der Waals surface area contributed by atoms with Crippen LogP contribution in [-0.2, 0) is 11.3 Å². The van der Waals surface area contributed by atoms with Crippen LogP contribution in [0.4, 0.5) is 4.79 Å². The Hall–Kier alpha value is -2.08. The minimum absolute atomic E-state index is 0.0498. The molecular formula is C15H23N3O3. The Kier molecular flexibility index (Phi) is 7.25. The van der Waals surface area contributed by atoms with Crippen LogP contribution in [0.1, 0.15) is 19.4 Å². The van der Waals surface area contributed by atoms with E-state index in [-0.39, 0.29) is 25.0 Å². The monoisotopic (exact) mass is 293 g/mol. The van der Waals surface area contributed by atoms with E-state index in [1.54, 1.807) is 0 Å². The maximum Gasteiger partial charge on any atom is 0.315 e. The zero-order valence-corrected chi connectivity index (χ0v) is 12.4. The van der Waals surface area contributed by atoms with Gasteiger partial charge in [0.15, 0.2) is 0 Å². The van der Waals surface area contributed by atoms with Crippen LogP contribution in [0.25, 0.3) is 0 Å². The third-order valence-corrected chi connectivity index (χ3v) is 2.94. The molecule has 1 aromatic rings. The van der Waals surface area contributed by atoms with Gasteiger partial charge in [0, 0.05) is 13.1 Å². The summed E-state index contributed by atoms with van der Waals surface area (Å²) in [6, 6.07) is 8.50. The van der Waals surface area contributed by atoms with Gasteiger partial charge in [0.25, 0.3) is 0 Å². The molecule has 0 spiro atoms. The largest absolute Gasteiger partial charge is 0.395 e. The van der Waals surface area contributed by atoms with E-state index in [0.717, 1.165) is 5.56 Å². The topological polar surface area (TPSA) is 90.5 Å². The number of rotatable bonds is 7. The van der Waals surface area contributed by atoms with Gasteiger partial charge in [-0.15, -0.1) is 0 Å². The van der Waals surface area contributed by atoms with Crippen molar-refractivity contribution in [3.05, 3.63) is 35.9 Å². The highest BCUT2D eigenvalue weighted by atomic mass is 16.3.